The molecule has 0 bridgehead atoms. The summed E-state index contributed by atoms with van der Waals surface area (Å²) in [5, 5.41) is 0. The lowest BCUT2D eigenvalue weighted by Crippen LogP contribution is -1.97. The van der Waals surface area contributed by atoms with Crippen molar-refractivity contribution < 1.29 is 4.74 Å². The number of benzene rings is 1. The third-order valence-electron chi connectivity index (χ3n) is 2.27. The zero-order valence-electron chi connectivity index (χ0n) is 9.20. The second-order valence-electron chi connectivity index (χ2n) is 3.63. The molecule has 84 valence electrons. The Morgan fingerprint density at radius 2 is 2.07 bits per heavy atom. The predicted octanol–water partition coefficient (Wildman–Crippen LogP) is 3.52. The van der Waals surface area contributed by atoms with Gasteiger partial charge in [0, 0.05) is 10.6 Å². The van der Waals surface area contributed by atoms with Gasteiger partial charge in [-0.3, -0.25) is 0 Å². The maximum absolute atomic E-state index is 5.65. The molecule has 0 saturated carbocycles. The highest BCUT2D eigenvalue weighted by atomic mass is 32.1. The molecule has 0 heterocycles. The normalized spacial score (nSPS) is 10.3. The van der Waals surface area contributed by atoms with Gasteiger partial charge in [0.1, 0.15) is 5.75 Å². The topological polar surface area (TPSA) is 35.2 Å². The number of hydrogen-bond acceptors (Lipinski definition) is 3. The summed E-state index contributed by atoms with van der Waals surface area (Å²) in [6.45, 7) is 2.98. The Morgan fingerprint density at radius 1 is 1.27 bits per heavy atom. The molecule has 2 nitrogen and oxygen atoms in total. The van der Waals surface area contributed by atoms with E-state index in [1.54, 1.807) is 0 Å². The van der Waals surface area contributed by atoms with Crippen LogP contribution in [0.1, 0.15) is 32.6 Å². The van der Waals surface area contributed by atoms with Gasteiger partial charge in [0.2, 0.25) is 0 Å². The summed E-state index contributed by atoms with van der Waals surface area (Å²) in [6.07, 6.45) is 4.88. The van der Waals surface area contributed by atoms with Gasteiger partial charge in [-0.05, 0) is 24.6 Å². The summed E-state index contributed by atoms with van der Waals surface area (Å²) >= 11 is 4.24. The van der Waals surface area contributed by atoms with Crippen LogP contribution in [-0.2, 0) is 0 Å². The second-order valence-corrected chi connectivity index (χ2v) is 4.11. The van der Waals surface area contributed by atoms with Crippen molar-refractivity contribution in [2.24, 2.45) is 0 Å². The maximum Gasteiger partial charge on any atom is 0.120 e. The number of unbranched alkanes of at least 4 members (excludes halogenated alkanes) is 3. The molecule has 2 N–H and O–H groups in total. The first-order chi connectivity index (χ1) is 7.24. The summed E-state index contributed by atoms with van der Waals surface area (Å²) in [6, 6.07) is 5.57. The van der Waals surface area contributed by atoms with E-state index in [2.05, 4.69) is 19.6 Å². The minimum Gasteiger partial charge on any atom is -0.494 e. The van der Waals surface area contributed by atoms with Crippen LogP contribution in [0.2, 0.25) is 0 Å². The summed E-state index contributed by atoms with van der Waals surface area (Å²) < 4.78 is 5.58. The van der Waals surface area contributed by atoms with Crippen LogP contribution < -0.4 is 10.5 Å². The van der Waals surface area contributed by atoms with Crippen LogP contribution in [-0.4, -0.2) is 6.61 Å². The highest BCUT2D eigenvalue weighted by molar-refractivity contribution is 7.80. The fourth-order valence-corrected chi connectivity index (χ4v) is 1.53. The Bertz CT molecular complexity index is 302. The van der Waals surface area contributed by atoms with Gasteiger partial charge in [0.25, 0.3) is 0 Å². The van der Waals surface area contributed by atoms with E-state index in [0.717, 1.165) is 23.7 Å². The fourth-order valence-electron chi connectivity index (χ4n) is 1.33. The van der Waals surface area contributed by atoms with Gasteiger partial charge in [-0.1, -0.05) is 26.2 Å². The molecule has 1 aromatic carbocycles. The molecule has 15 heavy (non-hydrogen) atoms. The molecule has 0 aliphatic heterocycles. The summed E-state index contributed by atoms with van der Waals surface area (Å²) in [7, 11) is 0. The Kier molecular flexibility index (Phi) is 5.40. The van der Waals surface area contributed by atoms with Crippen molar-refractivity contribution >= 4 is 18.3 Å². The standard InChI is InChI=1S/C12H19NOS/c1-2-3-4-5-8-14-10-6-7-11(13)12(15)9-10/h6-7,9,15H,2-5,8,13H2,1H3. The molecule has 1 rings (SSSR count). The fraction of sp³-hybridized carbons (Fsp3) is 0.500. The average Bonchev–Trinajstić information content (AvgIpc) is 2.23. The lowest BCUT2D eigenvalue weighted by molar-refractivity contribution is 0.304. The number of nitrogens with two attached hydrogens (primary N) is 1. The quantitative estimate of drug-likeness (QED) is 0.441. The van der Waals surface area contributed by atoms with Crippen molar-refractivity contribution in [3.63, 3.8) is 0 Å². The Balaban J connectivity index is 2.28. The zero-order valence-corrected chi connectivity index (χ0v) is 10.1. The Hall–Kier alpha value is -0.830. The smallest absolute Gasteiger partial charge is 0.120 e. The molecule has 0 unspecified atom stereocenters. The SMILES string of the molecule is CCCCCCOc1ccc(N)c(S)c1. The van der Waals surface area contributed by atoms with E-state index in [9.17, 15) is 0 Å². The van der Waals surface area contributed by atoms with E-state index in [1.807, 2.05) is 18.2 Å². The summed E-state index contributed by atoms with van der Waals surface area (Å²) in [5.74, 6) is 0.852. The first kappa shape index (κ1) is 12.2. The minimum absolute atomic E-state index is 0.691. The number of anilines is 1. The summed E-state index contributed by atoms with van der Waals surface area (Å²) in [4.78, 5) is 0.779. The minimum atomic E-state index is 0.691. The number of nitrogen functional groups attached to an aromatic ring is 1. The van der Waals surface area contributed by atoms with Crippen molar-refractivity contribution in [1.82, 2.24) is 0 Å². The molecular weight excluding hydrogens is 206 g/mol. The maximum atomic E-state index is 5.65. The van der Waals surface area contributed by atoms with Crippen LogP contribution in [0.15, 0.2) is 23.1 Å². The van der Waals surface area contributed by atoms with Crippen LogP contribution in [0, 0.1) is 0 Å². The summed E-state index contributed by atoms with van der Waals surface area (Å²) in [5.41, 5.74) is 6.34. The third-order valence-corrected chi connectivity index (χ3v) is 2.66. The molecule has 0 amide bonds. The Morgan fingerprint density at radius 3 is 2.73 bits per heavy atom. The molecular formula is C12H19NOS. The first-order valence-corrected chi connectivity index (χ1v) is 5.90. The second kappa shape index (κ2) is 6.62. The number of hydrogen-bond donors (Lipinski definition) is 2. The van der Waals surface area contributed by atoms with Crippen LogP contribution >= 0.6 is 12.6 Å². The number of rotatable bonds is 6. The van der Waals surface area contributed by atoms with Gasteiger partial charge in [-0.25, -0.2) is 0 Å². The van der Waals surface area contributed by atoms with E-state index >= 15 is 0 Å². The van der Waals surface area contributed by atoms with Crippen molar-refractivity contribution in [1.29, 1.82) is 0 Å². The van der Waals surface area contributed by atoms with Crippen molar-refractivity contribution in [2.45, 2.75) is 37.5 Å². The Labute approximate surface area is 97.2 Å². The molecule has 0 aliphatic rings. The van der Waals surface area contributed by atoms with E-state index < -0.39 is 0 Å². The van der Waals surface area contributed by atoms with Crippen molar-refractivity contribution in [3.8, 4) is 5.75 Å². The highest BCUT2D eigenvalue weighted by Crippen LogP contribution is 2.22. The molecule has 1 aromatic rings. The lowest BCUT2D eigenvalue weighted by atomic mass is 10.2. The molecule has 0 spiro atoms. The van der Waals surface area contributed by atoms with Gasteiger partial charge in [-0.2, -0.15) is 0 Å². The molecule has 0 atom stereocenters. The van der Waals surface area contributed by atoms with E-state index in [0.29, 0.717) is 5.69 Å². The molecule has 0 radical (unpaired) electrons. The molecule has 0 aromatic heterocycles. The van der Waals surface area contributed by atoms with Gasteiger partial charge in [0.15, 0.2) is 0 Å². The monoisotopic (exact) mass is 225 g/mol. The average molecular weight is 225 g/mol. The van der Waals surface area contributed by atoms with Crippen molar-refractivity contribution in [2.75, 3.05) is 12.3 Å². The van der Waals surface area contributed by atoms with Gasteiger partial charge >= 0.3 is 0 Å². The molecule has 3 heteroatoms. The van der Waals surface area contributed by atoms with E-state index in [-0.39, 0.29) is 0 Å². The van der Waals surface area contributed by atoms with Crippen LogP contribution in [0.3, 0.4) is 0 Å². The van der Waals surface area contributed by atoms with Crippen LogP contribution in [0.25, 0.3) is 0 Å². The molecule has 0 saturated heterocycles. The van der Waals surface area contributed by atoms with Crippen LogP contribution in [0.4, 0.5) is 5.69 Å². The zero-order chi connectivity index (χ0) is 11.1. The largest absolute Gasteiger partial charge is 0.494 e. The number of ether oxygens (including phenoxy) is 1. The molecule has 0 aliphatic carbocycles. The molecule has 0 fully saturated rings. The highest BCUT2D eigenvalue weighted by Gasteiger charge is 1.97. The van der Waals surface area contributed by atoms with Crippen molar-refractivity contribution in [3.05, 3.63) is 18.2 Å². The third kappa shape index (κ3) is 4.47. The van der Waals surface area contributed by atoms with E-state index in [4.69, 9.17) is 10.5 Å². The predicted molar refractivity (Wildman–Crippen MR) is 67.7 cm³/mol. The number of thiol groups is 1. The van der Waals surface area contributed by atoms with Crippen LogP contribution in [0.5, 0.6) is 5.75 Å². The van der Waals surface area contributed by atoms with Gasteiger partial charge < -0.3 is 10.5 Å². The van der Waals surface area contributed by atoms with Gasteiger partial charge in [0.05, 0.1) is 6.61 Å². The lowest BCUT2D eigenvalue weighted by Gasteiger charge is -2.07. The van der Waals surface area contributed by atoms with Gasteiger partial charge in [-0.15, -0.1) is 12.6 Å². The first-order valence-electron chi connectivity index (χ1n) is 5.45. The van der Waals surface area contributed by atoms with E-state index in [1.165, 1.54) is 19.3 Å².